The molecule has 5 heteroatoms. The molecule has 1 aromatic rings. The lowest BCUT2D eigenvalue weighted by Gasteiger charge is -2.16. The standard InChI is InChI=1S/C17H19NO4/c1-12(19)13-7-9-15(10-8-13)18-16(20)11-22-17(21)14-5-3-2-4-6-14/h2-3,7-10,14H,4-6,11H2,1H3,(H,18,20)/t14-/m1/s1. The molecule has 5 nitrogen and oxygen atoms in total. The van der Waals surface area contributed by atoms with Crippen LogP contribution in [-0.2, 0) is 14.3 Å². The Kier molecular flexibility index (Phi) is 5.47. The van der Waals surface area contributed by atoms with Crippen LogP contribution in [0.2, 0.25) is 0 Å². The molecule has 0 unspecified atom stereocenters. The maximum absolute atomic E-state index is 11.8. The molecular formula is C17H19NO4. The molecule has 0 radical (unpaired) electrons. The van der Waals surface area contributed by atoms with Gasteiger partial charge in [-0.05, 0) is 50.5 Å². The van der Waals surface area contributed by atoms with E-state index in [0.29, 0.717) is 17.7 Å². The minimum atomic E-state index is -0.393. The lowest BCUT2D eigenvalue weighted by molar-refractivity contribution is -0.151. The van der Waals surface area contributed by atoms with Crippen molar-refractivity contribution in [3.8, 4) is 0 Å². The van der Waals surface area contributed by atoms with Crippen molar-refractivity contribution in [2.24, 2.45) is 5.92 Å². The zero-order valence-corrected chi connectivity index (χ0v) is 12.5. The number of nitrogens with one attached hydrogen (secondary N) is 1. The van der Waals surface area contributed by atoms with E-state index in [4.69, 9.17) is 4.74 Å². The molecule has 1 atom stereocenters. The summed E-state index contributed by atoms with van der Waals surface area (Å²) in [5.41, 5.74) is 1.14. The van der Waals surface area contributed by atoms with Crippen molar-refractivity contribution in [2.75, 3.05) is 11.9 Å². The van der Waals surface area contributed by atoms with Gasteiger partial charge in [0.05, 0.1) is 5.92 Å². The predicted octanol–water partition coefficient (Wildman–Crippen LogP) is 2.73. The highest BCUT2D eigenvalue weighted by Gasteiger charge is 2.20. The van der Waals surface area contributed by atoms with Gasteiger partial charge in [-0.3, -0.25) is 14.4 Å². The molecule has 1 aliphatic carbocycles. The monoisotopic (exact) mass is 301 g/mol. The Bertz CT molecular complexity index is 589. The van der Waals surface area contributed by atoms with Gasteiger partial charge in [0.1, 0.15) is 0 Å². The Hall–Kier alpha value is -2.43. The Morgan fingerprint density at radius 1 is 1.18 bits per heavy atom. The molecule has 1 aliphatic rings. The summed E-state index contributed by atoms with van der Waals surface area (Å²) in [6.45, 7) is 1.18. The summed E-state index contributed by atoms with van der Waals surface area (Å²) in [5, 5.41) is 2.62. The van der Waals surface area contributed by atoms with Crippen LogP contribution < -0.4 is 5.32 Å². The van der Waals surface area contributed by atoms with E-state index in [-0.39, 0.29) is 24.3 Å². The van der Waals surface area contributed by atoms with Crippen molar-refractivity contribution in [1.29, 1.82) is 0 Å². The van der Waals surface area contributed by atoms with Crippen molar-refractivity contribution in [3.05, 3.63) is 42.0 Å². The Morgan fingerprint density at radius 3 is 2.50 bits per heavy atom. The van der Waals surface area contributed by atoms with Gasteiger partial charge < -0.3 is 10.1 Å². The topological polar surface area (TPSA) is 72.5 Å². The van der Waals surface area contributed by atoms with E-state index in [0.717, 1.165) is 12.8 Å². The molecule has 22 heavy (non-hydrogen) atoms. The van der Waals surface area contributed by atoms with E-state index in [1.165, 1.54) is 6.92 Å². The van der Waals surface area contributed by atoms with Gasteiger partial charge in [0.2, 0.25) is 0 Å². The third kappa shape index (κ3) is 4.55. The van der Waals surface area contributed by atoms with Crippen molar-refractivity contribution >= 4 is 23.3 Å². The summed E-state index contributed by atoms with van der Waals surface area (Å²) in [6.07, 6.45) is 6.32. The number of carbonyl (C=O) groups excluding carboxylic acids is 3. The van der Waals surface area contributed by atoms with Crippen molar-refractivity contribution in [2.45, 2.75) is 26.2 Å². The van der Waals surface area contributed by atoms with Gasteiger partial charge in [-0.2, -0.15) is 0 Å². The fourth-order valence-corrected chi connectivity index (χ4v) is 2.25. The predicted molar refractivity (Wildman–Crippen MR) is 82.5 cm³/mol. The first kappa shape index (κ1) is 15.9. The number of rotatable bonds is 5. The number of benzene rings is 1. The number of allylic oxidation sites excluding steroid dienone is 2. The summed E-state index contributed by atoms with van der Waals surface area (Å²) in [5.74, 6) is -0.900. The number of hydrogen-bond acceptors (Lipinski definition) is 4. The normalized spacial score (nSPS) is 16.9. The van der Waals surface area contributed by atoms with Crippen LogP contribution in [-0.4, -0.2) is 24.3 Å². The maximum atomic E-state index is 11.8. The average molecular weight is 301 g/mol. The molecule has 0 aromatic heterocycles. The van der Waals surface area contributed by atoms with Crippen LogP contribution in [0, 0.1) is 5.92 Å². The zero-order valence-electron chi connectivity index (χ0n) is 12.5. The third-order valence-corrected chi connectivity index (χ3v) is 3.52. The molecule has 1 amide bonds. The number of amides is 1. The van der Waals surface area contributed by atoms with Crippen molar-refractivity contribution in [1.82, 2.24) is 0 Å². The van der Waals surface area contributed by atoms with Crippen molar-refractivity contribution < 1.29 is 19.1 Å². The minimum absolute atomic E-state index is 0.0339. The number of carbonyl (C=O) groups is 3. The molecule has 1 N–H and O–H groups in total. The second-order valence-electron chi connectivity index (χ2n) is 5.27. The highest BCUT2D eigenvalue weighted by molar-refractivity contribution is 5.96. The number of hydrogen-bond donors (Lipinski definition) is 1. The molecule has 0 fully saturated rings. The molecule has 0 saturated heterocycles. The van der Waals surface area contributed by atoms with Crippen LogP contribution in [0.5, 0.6) is 0 Å². The van der Waals surface area contributed by atoms with Gasteiger partial charge >= 0.3 is 5.97 Å². The van der Waals surface area contributed by atoms with Gasteiger partial charge in [0, 0.05) is 11.3 Å². The molecule has 2 rings (SSSR count). The van der Waals surface area contributed by atoms with Gasteiger partial charge in [-0.25, -0.2) is 0 Å². The first-order chi connectivity index (χ1) is 10.6. The second-order valence-corrected chi connectivity index (χ2v) is 5.27. The molecule has 0 aliphatic heterocycles. The Morgan fingerprint density at radius 2 is 1.91 bits per heavy atom. The SMILES string of the molecule is CC(=O)c1ccc(NC(=O)COC(=O)[C@@H]2CC=CCC2)cc1. The molecule has 0 spiro atoms. The lowest BCUT2D eigenvalue weighted by Crippen LogP contribution is -2.25. The number of ketones is 1. The summed E-state index contributed by atoms with van der Waals surface area (Å²) >= 11 is 0. The van der Waals surface area contributed by atoms with E-state index in [1.807, 2.05) is 12.2 Å². The lowest BCUT2D eigenvalue weighted by atomic mass is 9.95. The van der Waals surface area contributed by atoms with E-state index >= 15 is 0 Å². The van der Waals surface area contributed by atoms with Gasteiger partial charge in [-0.15, -0.1) is 0 Å². The van der Waals surface area contributed by atoms with E-state index in [9.17, 15) is 14.4 Å². The zero-order chi connectivity index (χ0) is 15.9. The van der Waals surface area contributed by atoms with Gasteiger partial charge in [0.25, 0.3) is 5.91 Å². The molecule has 0 heterocycles. The number of esters is 1. The molecular weight excluding hydrogens is 282 g/mol. The fraction of sp³-hybridized carbons (Fsp3) is 0.353. The van der Waals surface area contributed by atoms with Crippen LogP contribution in [0.3, 0.4) is 0 Å². The van der Waals surface area contributed by atoms with Gasteiger partial charge in [0.15, 0.2) is 12.4 Å². The van der Waals surface area contributed by atoms with Crippen LogP contribution in [0.1, 0.15) is 36.5 Å². The minimum Gasteiger partial charge on any atom is -0.455 e. The van der Waals surface area contributed by atoms with Crippen molar-refractivity contribution in [3.63, 3.8) is 0 Å². The average Bonchev–Trinajstić information content (AvgIpc) is 2.54. The number of anilines is 1. The summed E-state index contributed by atoms with van der Waals surface area (Å²) in [4.78, 5) is 34.7. The number of Topliss-reactive ketones (excluding diaryl/α,β-unsaturated/α-hetero) is 1. The smallest absolute Gasteiger partial charge is 0.309 e. The number of ether oxygens (including phenoxy) is 1. The Labute approximate surface area is 129 Å². The highest BCUT2D eigenvalue weighted by Crippen LogP contribution is 2.19. The van der Waals surface area contributed by atoms with Crippen LogP contribution >= 0.6 is 0 Å². The third-order valence-electron chi connectivity index (χ3n) is 3.52. The highest BCUT2D eigenvalue weighted by atomic mass is 16.5. The summed E-state index contributed by atoms with van der Waals surface area (Å²) in [6, 6.07) is 6.56. The molecule has 0 bridgehead atoms. The Balaban J connectivity index is 1.78. The molecule has 0 saturated carbocycles. The largest absolute Gasteiger partial charge is 0.455 e. The van der Waals surface area contributed by atoms with E-state index in [1.54, 1.807) is 24.3 Å². The maximum Gasteiger partial charge on any atom is 0.309 e. The first-order valence-electron chi connectivity index (χ1n) is 7.29. The quantitative estimate of drug-likeness (QED) is 0.515. The van der Waals surface area contributed by atoms with E-state index < -0.39 is 5.91 Å². The first-order valence-corrected chi connectivity index (χ1v) is 7.29. The van der Waals surface area contributed by atoms with Gasteiger partial charge in [-0.1, -0.05) is 12.2 Å². The second kappa shape index (κ2) is 7.54. The van der Waals surface area contributed by atoms with Crippen LogP contribution in [0.4, 0.5) is 5.69 Å². The summed E-state index contributed by atoms with van der Waals surface area (Å²) in [7, 11) is 0. The van der Waals surface area contributed by atoms with E-state index in [2.05, 4.69) is 5.32 Å². The van der Waals surface area contributed by atoms with Crippen LogP contribution in [0.25, 0.3) is 0 Å². The molecule has 1 aromatic carbocycles. The molecule has 116 valence electrons. The van der Waals surface area contributed by atoms with Crippen LogP contribution in [0.15, 0.2) is 36.4 Å². The fourth-order valence-electron chi connectivity index (χ4n) is 2.25. The summed E-state index contributed by atoms with van der Waals surface area (Å²) < 4.78 is 5.04.